The molecule has 0 bridgehead atoms. The van der Waals surface area contributed by atoms with Gasteiger partial charge in [-0.25, -0.2) is 4.39 Å². The number of nitrogens with zero attached hydrogens (tertiary/aromatic N) is 2. The van der Waals surface area contributed by atoms with Crippen molar-refractivity contribution in [3.8, 4) is 17.6 Å². The molecule has 2 aromatic carbocycles. The van der Waals surface area contributed by atoms with Gasteiger partial charge in [-0.2, -0.15) is 0 Å². The van der Waals surface area contributed by atoms with Crippen molar-refractivity contribution in [1.29, 1.82) is 0 Å². The molecule has 182 valence electrons. The highest BCUT2D eigenvalue weighted by Crippen LogP contribution is 2.35. The maximum atomic E-state index is 15.4. The zero-order valence-corrected chi connectivity index (χ0v) is 20.3. The number of aromatic nitrogens is 1. The first-order chi connectivity index (χ1) is 16.9. The molecule has 1 saturated heterocycles. The molecule has 0 aliphatic carbocycles. The maximum Gasteiger partial charge on any atom is 0.308 e. The Morgan fingerprint density at radius 3 is 2.83 bits per heavy atom. The lowest BCUT2D eigenvalue weighted by Crippen LogP contribution is -2.44. The molecule has 0 radical (unpaired) electrons. The van der Waals surface area contributed by atoms with Crippen LogP contribution in [0.5, 0.6) is 5.75 Å². The molecule has 1 aliphatic heterocycles. The van der Waals surface area contributed by atoms with Crippen LogP contribution in [0.4, 0.5) is 4.39 Å². The molecule has 1 fully saturated rings. The van der Waals surface area contributed by atoms with E-state index in [-0.39, 0.29) is 12.3 Å². The van der Waals surface area contributed by atoms with E-state index in [0.717, 1.165) is 17.5 Å². The fraction of sp³-hybridized carbons (Fsp3) is 0.357. The van der Waals surface area contributed by atoms with Crippen LogP contribution in [0.15, 0.2) is 54.7 Å². The van der Waals surface area contributed by atoms with Crippen molar-refractivity contribution in [3.05, 3.63) is 70.9 Å². The van der Waals surface area contributed by atoms with Crippen molar-refractivity contribution in [2.24, 2.45) is 11.8 Å². The van der Waals surface area contributed by atoms with Crippen LogP contribution in [0, 0.1) is 23.7 Å². The van der Waals surface area contributed by atoms with Crippen LogP contribution in [0.3, 0.4) is 0 Å². The number of fused-ring (bicyclic) bond motifs is 1. The zero-order valence-electron chi connectivity index (χ0n) is 19.6. The highest BCUT2D eigenvalue weighted by Gasteiger charge is 2.34. The first kappa shape index (κ1) is 25.0. The topological polar surface area (TPSA) is 62.7 Å². The average Bonchev–Trinajstić information content (AvgIpc) is 2.88. The molecule has 7 heteroatoms. The molecule has 1 aromatic heterocycles. The zero-order chi connectivity index (χ0) is 24.8. The van der Waals surface area contributed by atoms with Crippen LogP contribution in [0.2, 0.25) is 5.02 Å². The third-order valence-corrected chi connectivity index (χ3v) is 6.90. The maximum absolute atomic E-state index is 15.4. The van der Waals surface area contributed by atoms with Crippen LogP contribution in [0.25, 0.3) is 10.9 Å². The van der Waals surface area contributed by atoms with E-state index >= 15 is 4.39 Å². The van der Waals surface area contributed by atoms with Gasteiger partial charge in [-0.3, -0.25) is 14.7 Å². The van der Waals surface area contributed by atoms with Crippen molar-refractivity contribution in [1.82, 2.24) is 9.88 Å². The van der Waals surface area contributed by atoms with Gasteiger partial charge in [0.1, 0.15) is 11.9 Å². The molecule has 35 heavy (non-hydrogen) atoms. The number of ether oxygens (including phenoxy) is 1. The standard InChI is InChI=1S/C28H28ClFN2O3/c1-35-22-9-11-27-24(17-22)23(12-14-31-27)26(30)10-6-20-13-16-32(18-25(20)28(33)34)15-2-3-19-4-7-21(29)8-5-19/h4-5,7-9,11-12,14,17,20,25-26H,6,10,13,15-16,18H2,1H3,(H,33,34)/t20-,25+,26+/m1/s1. The van der Waals surface area contributed by atoms with Crippen molar-refractivity contribution in [3.63, 3.8) is 0 Å². The van der Waals surface area contributed by atoms with Gasteiger partial charge in [0.25, 0.3) is 0 Å². The summed E-state index contributed by atoms with van der Waals surface area (Å²) in [6, 6.07) is 14.4. The van der Waals surface area contributed by atoms with E-state index in [9.17, 15) is 9.90 Å². The molecule has 0 amide bonds. The molecular weight excluding hydrogens is 467 g/mol. The SMILES string of the molecule is COc1ccc2nccc([C@@H](F)CC[C@@H]3CCN(CC#Cc4ccc(Cl)cc4)C[C@@H]3C(=O)O)c2c1. The number of piperidine rings is 1. The number of carbonyl (C=O) groups is 1. The number of halogens is 2. The Kier molecular flexibility index (Phi) is 8.22. The van der Waals surface area contributed by atoms with Gasteiger partial charge in [0.15, 0.2) is 0 Å². The first-order valence-corrected chi connectivity index (χ1v) is 12.1. The van der Waals surface area contributed by atoms with Crippen molar-refractivity contribution < 1.29 is 19.0 Å². The lowest BCUT2D eigenvalue weighted by atomic mass is 9.81. The summed E-state index contributed by atoms with van der Waals surface area (Å²) in [4.78, 5) is 18.4. The van der Waals surface area contributed by atoms with Crippen molar-refractivity contribution in [2.75, 3.05) is 26.7 Å². The molecule has 4 rings (SSSR count). The molecule has 2 heterocycles. The summed E-state index contributed by atoms with van der Waals surface area (Å²) in [5.74, 6) is 5.42. The van der Waals surface area contributed by atoms with Crippen molar-refractivity contribution >= 4 is 28.5 Å². The molecule has 0 spiro atoms. The van der Waals surface area contributed by atoms with Gasteiger partial charge in [-0.15, -0.1) is 0 Å². The minimum atomic E-state index is -1.20. The van der Waals surface area contributed by atoms with E-state index in [2.05, 4.69) is 21.7 Å². The van der Waals surface area contributed by atoms with E-state index in [4.69, 9.17) is 16.3 Å². The van der Waals surface area contributed by atoms with Gasteiger partial charge >= 0.3 is 5.97 Å². The van der Waals surface area contributed by atoms with Gasteiger partial charge in [0.05, 0.1) is 25.1 Å². The Bertz CT molecular complexity index is 1240. The van der Waals surface area contributed by atoms with E-state index in [1.54, 1.807) is 43.6 Å². The van der Waals surface area contributed by atoms with Crippen molar-refractivity contribution in [2.45, 2.75) is 25.4 Å². The minimum Gasteiger partial charge on any atom is -0.497 e. The summed E-state index contributed by atoms with van der Waals surface area (Å²) in [5.41, 5.74) is 2.15. The number of rotatable bonds is 7. The predicted octanol–water partition coefficient (Wildman–Crippen LogP) is 5.76. The molecule has 1 aliphatic rings. The number of pyridine rings is 1. The highest BCUT2D eigenvalue weighted by atomic mass is 35.5. The lowest BCUT2D eigenvalue weighted by Gasteiger charge is -2.35. The van der Waals surface area contributed by atoms with Crippen LogP contribution in [-0.4, -0.2) is 47.7 Å². The average molecular weight is 495 g/mol. The Morgan fingerprint density at radius 2 is 2.09 bits per heavy atom. The van der Waals surface area contributed by atoms with E-state index in [1.165, 1.54) is 0 Å². The number of methoxy groups -OCH3 is 1. The fourth-order valence-electron chi connectivity index (χ4n) is 4.69. The minimum absolute atomic E-state index is 0.0751. The van der Waals surface area contributed by atoms with E-state index in [1.807, 2.05) is 18.2 Å². The summed E-state index contributed by atoms with van der Waals surface area (Å²) in [7, 11) is 1.58. The van der Waals surface area contributed by atoms with Gasteiger partial charge in [-0.1, -0.05) is 23.4 Å². The molecule has 1 N–H and O–H groups in total. The number of aliphatic carboxylic acids is 1. The predicted molar refractivity (Wildman–Crippen MR) is 135 cm³/mol. The van der Waals surface area contributed by atoms with Gasteiger partial charge in [0, 0.05) is 28.7 Å². The van der Waals surface area contributed by atoms with Crippen LogP contribution in [-0.2, 0) is 4.79 Å². The quantitative estimate of drug-likeness (QED) is 0.423. The van der Waals surface area contributed by atoms with Gasteiger partial charge in [-0.05, 0) is 85.8 Å². The summed E-state index contributed by atoms with van der Waals surface area (Å²) >= 11 is 5.90. The summed E-state index contributed by atoms with van der Waals surface area (Å²) in [5, 5.41) is 11.2. The smallest absolute Gasteiger partial charge is 0.308 e. The first-order valence-electron chi connectivity index (χ1n) is 11.7. The highest BCUT2D eigenvalue weighted by molar-refractivity contribution is 6.30. The third kappa shape index (κ3) is 6.30. The molecule has 5 nitrogen and oxygen atoms in total. The molecule has 0 saturated carbocycles. The number of hydrogen-bond donors (Lipinski definition) is 1. The number of hydrogen-bond acceptors (Lipinski definition) is 4. The molecule has 0 unspecified atom stereocenters. The number of benzene rings is 2. The van der Waals surface area contributed by atoms with Gasteiger partial charge in [0.2, 0.25) is 0 Å². The van der Waals surface area contributed by atoms with E-state index in [0.29, 0.717) is 47.8 Å². The lowest BCUT2D eigenvalue weighted by molar-refractivity contribution is -0.146. The van der Waals surface area contributed by atoms with E-state index < -0.39 is 18.1 Å². The molecule has 3 atom stereocenters. The van der Waals surface area contributed by atoms with Crippen LogP contribution < -0.4 is 4.74 Å². The largest absolute Gasteiger partial charge is 0.497 e. The number of likely N-dealkylation sites (tertiary alicyclic amines) is 1. The van der Waals surface area contributed by atoms with Crippen LogP contribution in [0.1, 0.15) is 36.6 Å². The Hall–Kier alpha value is -3.14. The number of carboxylic acids is 1. The van der Waals surface area contributed by atoms with Crippen LogP contribution >= 0.6 is 11.6 Å². The normalized spacial score (nSPS) is 19.1. The second-order valence-corrected chi connectivity index (χ2v) is 9.30. The third-order valence-electron chi connectivity index (χ3n) is 6.65. The Labute approximate surface area is 209 Å². The number of alkyl halides is 1. The second-order valence-electron chi connectivity index (χ2n) is 8.87. The van der Waals surface area contributed by atoms with Gasteiger partial charge < -0.3 is 9.84 Å². The second kappa shape index (κ2) is 11.5. The molecular formula is C28H28ClFN2O3. The summed E-state index contributed by atoms with van der Waals surface area (Å²) in [6.07, 6.45) is 1.89. The Morgan fingerprint density at radius 1 is 1.29 bits per heavy atom. The summed E-state index contributed by atoms with van der Waals surface area (Å²) in [6.45, 7) is 1.66. The summed E-state index contributed by atoms with van der Waals surface area (Å²) < 4.78 is 20.6. The monoisotopic (exact) mass is 494 g/mol. The number of carboxylic acid groups (broad SMARTS) is 1. The fourth-order valence-corrected chi connectivity index (χ4v) is 4.81. The Balaban J connectivity index is 1.37. The molecule has 3 aromatic rings.